The SMILES string of the molecule is CC(c1ccccc1)(c1ccc(Cl)cc1)n1ccnn1. The molecule has 0 saturated carbocycles. The fourth-order valence-corrected chi connectivity index (χ4v) is 2.54. The zero-order valence-corrected chi connectivity index (χ0v) is 11.8. The molecule has 3 nitrogen and oxygen atoms in total. The first-order chi connectivity index (χ1) is 9.71. The third-order valence-corrected chi connectivity index (χ3v) is 3.87. The minimum Gasteiger partial charge on any atom is -0.238 e. The molecule has 3 aromatic rings. The van der Waals surface area contributed by atoms with Crippen molar-refractivity contribution in [3.63, 3.8) is 0 Å². The van der Waals surface area contributed by atoms with Crippen molar-refractivity contribution >= 4 is 11.6 Å². The molecule has 0 aliphatic carbocycles. The Kier molecular flexibility index (Phi) is 3.28. The quantitative estimate of drug-likeness (QED) is 0.733. The Hall–Kier alpha value is -2.13. The lowest BCUT2D eigenvalue weighted by Gasteiger charge is -2.31. The van der Waals surface area contributed by atoms with Crippen molar-refractivity contribution in [1.29, 1.82) is 0 Å². The summed E-state index contributed by atoms with van der Waals surface area (Å²) in [5, 5.41) is 8.87. The van der Waals surface area contributed by atoms with Crippen molar-refractivity contribution < 1.29 is 0 Å². The van der Waals surface area contributed by atoms with Crippen LogP contribution in [0.2, 0.25) is 5.02 Å². The molecular formula is C16H14ClN3. The van der Waals surface area contributed by atoms with Crippen molar-refractivity contribution in [3.8, 4) is 0 Å². The zero-order valence-electron chi connectivity index (χ0n) is 11.1. The number of aromatic nitrogens is 3. The fraction of sp³-hybridized carbons (Fsp3) is 0.125. The van der Waals surface area contributed by atoms with E-state index in [0.29, 0.717) is 0 Å². The predicted octanol–water partition coefficient (Wildman–Crippen LogP) is 3.74. The summed E-state index contributed by atoms with van der Waals surface area (Å²) in [5.74, 6) is 0. The average Bonchev–Trinajstić information content (AvgIpc) is 3.03. The molecule has 1 unspecified atom stereocenters. The van der Waals surface area contributed by atoms with Gasteiger partial charge in [0.1, 0.15) is 5.54 Å². The summed E-state index contributed by atoms with van der Waals surface area (Å²) < 4.78 is 1.87. The first-order valence-electron chi connectivity index (χ1n) is 6.39. The van der Waals surface area contributed by atoms with E-state index in [4.69, 9.17) is 11.6 Å². The van der Waals surface area contributed by atoms with Crippen molar-refractivity contribution in [2.24, 2.45) is 0 Å². The Balaban J connectivity index is 2.21. The molecule has 100 valence electrons. The molecule has 3 rings (SSSR count). The Morgan fingerprint density at radius 2 is 1.60 bits per heavy atom. The number of halogens is 1. The van der Waals surface area contributed by atoms with Crippen molar-refractivity contribution in [3.05, 3.63) is 83.1 Å². The molecule has 0 fully saturated rings. The van der Waals surface area contributed by atoms with Crippen molar-refractivity contribution in [2.75, 3.05) is 0 Å². The highest BCUT2D eigenvalue weighted by molar-refractivity contribution is 6.30. The molecular weight excluding hydrogens is 270 g/mol. The Morgan fingerprint density at radius 3 is 2.20 bits per heavy atom. The van der Waals surface area contributed by atoms with Gasteiger partial charge in [-0.15, -0.1) is 5.10 Å². The number of rotatable bonds is 3. The summed E-state index contributed by atoms with van der Waals surface area (Å²) in [5.41, 5.74) is 1.84. The smallest absolute Gasteiger partial charge is 0.111 e. The molecule has 0 aliphatic rings. The monoisotopic (exact) mass is 283 g/mol. The number of hydrogen-bond acceptors (Lipinski definition) is 2. The van der Waals surface area contributed by atoms with Gasteiger partial charge in [-0.2, -0.15) is 0 Å². The highest BCUT2D eigenvalue weighted by Gasteiger charge is 2.31. The first kappa shape index (κ1) is 12.9. The van der Waals surface area contributed by atoms with E-state index in [1.54, 1.807) is 6.20 Å². The van der Waals surface area contributed by atoms with Gasteiger partial charge in [0.2, 0.25) is 0 Å². The van der Waals surface area contributed by atoms with Crippen LogP contribution in [-0.4, -0.2) is 15.0 Å². The second-order valence-corrected chi connectivity index (χ2v) is 5.23. The molecule has 1 atom stereocenters. The van der Waals surface area contributed by atoms with E-state index in [0.717, 1.165) is 16.1 Å². The molecule has 4 heteroatoms. The van der Waals surface area contributed by atoms with Crippen molar-refractivity contribution in [2.45, 2.75) is 12.5 Å². The van der Waals surface area contributed by atoms with Crippen LogP contribution in [0.4, 0.5) is 0 Å². The number of hydrogen-bond donors (Lipinski definition) is 0. The van der Waals surface area contributed by atoms with Gasteiger partial charge in [-0.1, -0.05) is 59.3 Å². The van der Waals surface area contributed by atoms with Gasteiger partial charge in [-0.3, -0.25) is 0 Å². The van der Waals surface area contributed by atoms with E-state index in [9.17, 15) is 0 Å². The van der Waals surface area contributed by atoms with E-state index in [1.807, 2.05) is 53.3 Å². The van der Waals surface area contributed by atoms with Crippen LogP contribution in [0.5, 0.6) is 0 Å². The van der Waals surface area contributed by atoms with Gasteiger partial charge in [0.25, 0.3) is 0 Å². The van der Waals surface area contributed by atoms with Gasteiger partial charge in [0.05, 0.1) is 6.20 Å². The maximum Gasteiger partial charge on any atom is 0.111 e. The van der Waals surface area contributed by atoms with Crippen LogP contribution in [-0.2, 0) is 5.54 Å². The third-order valence-electron chi connectivity index (χ3n) is 3.62. The van der Waals surface area contributed by atoms with Gasteiger partial charge < -0.3 is 0 Å². The molecule has 0 amide bonds. The van der Waals surface area contributed by atoms with Crippen LogP contribution >= 0.6 is 11.6 Å². The van der Waals surface area contributed by atoms with Crippen LogP contribution in [0.15, 0.2) is 67.0 Å². The minimum absolute atomic E-state index is 0.414. The lowest BCUT2D eigenvalue weighted by Crippen LogP contribution is -2.33. The molecule has 0 bridgehead atoms. The largest absolute Gasteiger partial charge is 0.238 e. The second kappa shape index (κ2) is 5.10. The summed E-state index contributed by atoms with van der Waals surface area (Å²) in [4.78, 5) is 0. The molecule has 0 saturated heterocycles. The fourth-order valence-electron chi connectivity index (χ4n) is 2.42. The first-order valence-corrected chi connectivity index (χ1v) is 6.77. The molecule has 20 heavy (non-hydrogen) atoms. The van der Waals surface area contributed by atoms with Crippen LogP contribution in [0.3, 0.4) is 0 Å². The van der Waals surface area contributed by atoms with E-state index in [-0.39, 0.29) is 0 Å². The molecule has 1 aromatic heterocycles. The van der Waals surface area contributed by atoms with Crippen LogP contribution in [0.25, 0.3) is 0 Å². The van der Waals surface area contributed by atoms with E-state index < -0.39 is 5.54 Å². The second-order valence-electron chi connectivity index (χ2n) is 4.79. The normalized spacial score (nSPS) is 13.9. The van der Waals surface area contributed by atoms with E-state index >= 15 is 0 Å². The summed E-state index contributed by atoms with van der Waals surface area (Å²) in [6.45, 7) is 2.13. The lowest BCUT2D eigenvalue weighted by molar-refractivity contribution is 0.414. The molecule has 0 spiro atoms. The van der Waals surface area contributed by atoms with Crippen molar-refractivity contribution in [1.82, 2.24) is 15.0 Å². The predicted molar refractivity (Wildman–Crippen MR) is 79.8 cm³/mol. The Morgan fingerprint density at radius 1 is 0.950 bits per heavy atom. The van der Waals surface area contributed by atoms with Crippen LogP contribution in [0, 0.1) is 0 Å². The van der Waals surface area contributed by atoms with Crippen LogP contribution < -0.4 is 0 Å². The maximum absolute atomic E-state index is 6.00. The summed E-state index contributed by atoms with van der Waals surface area (Å²) in [6, 6.07) is 18.1. The Bertz CT molecular complexity index is 678. The minimum atomic E-state index is -0.414. The number of nitrogens with zero attached hydrogens (tertiary/aromatic N) is 3. The Labute approximate surface area is 122 Å². The molecule has 2 aromatic carbocycles. The molecule has 1 heterocycles. The topological polar surface area (TPSA) is 30.7 Å². The lowest BCUT2D eigenvalue weighted by atomic mass is 9.85. The van der Waals surface area contributed by atoms with Gasteiger partial charge in [0, 0.05) is 11.2 Å². The number of benzene rings is 2. The van der Waals surface area contributed by atoms with E-state index in [1.165, 1.54) is 0 Å². The zero-order chi connectivity index (χ0) is 14.0. The van der Waals surface area contributed by atoms with Crippen LogP contribution in [0.1, 0.15) is 18.1 Å². The summed E-state index contributed by atoms with van der Waals surface area (Å²) >= 11 is 6.00. The van der Waals surface area contributed by atoms with Gasteiger partial charge in [-0.25, -0.2) is 4.68 Å². The van der Waals surface area contributed by atoms with Gasteiger partial charge >= 0.3 is 0 Å². The molecule has 0 N–H and O–H groups in total. The van der Waals surface area contributed by atoms with Gasteiger partial charge in [0.15, 0.2) is 0 Å². The summed E-state index contributed by atoms with van der Waals surface area (Å²) in [7, 11) is 0. The standard InChI is InChI=1S/C16H14ClN3/c1-16(20-12-11-18-19-20,13-5-3-2-4-6-13)14-7-9-15(17)10-8-14/h2-12H,1H3. The highest BCUT2D eigenvalue weighted by atomic mass is 35.5. The van der Waals surface area contributed by atoms with E-state index in [2.05, 4.69) is 29.4 Å². The highest BCUT2D eigenvalue weighted by Crippen LogP contribution is 2.33. The molecule has 0 radical (unpaired) electrons. The van der Waals surface area contributed by atoms with Gasteiger partial charge in [-0.05, 0) is 30.2 Å². The maximum atomic E-state index is 6.00. The third kappa shape index (κ3) is 2.10. The average molecular weight is 284 g/mol. The molecule has 0 aliphatic heterocycles. The summed E-state index contributed by atoms with van der Waals surface area (Å²) in [6.07, 6.45) is 3.57.